The molecule has 1 aliphatic heterocycles. The highest BCUT2D eigenvalue weighted by atomic mass is 19.2. The Labute approximate surface area is 228 Å². The number of nitrogens with zero attached hydrogens (tertiary/aromatic N) is 1. The maximum atomic E-state index is 13.6. The van der Waals surface area contributed by atoms with Crippen LogP contribution in [-0.2, 0) is 25.6 Å². The van der Waals surface area contributed by atoms with E-state index < -0.39 is 17.5 Å². The summed E-state index contributed by atoms with van der Waals surface area (Å²) >= 11 is 0. The Morgan fingerprint density at radius 3 is 2.80 bits per heavy atom. The van der Waals surface area contributed by atoms with Crippen molar-refractivity contribution in [2.75, 3.05) is 6.54 Å². The molecule has 0 saturated carbocycles. The van der Waals surface area contributed by atoms with E-state index >= 15 is 0 Å². The van der Waals surface area contributed by atoms with Gasteiger partial charge in [0.15, 0.2) is 11.6 Å². The molecule has 1 fully saturated rings. The molecular weight excluding hydrogens is 522 g/mol. The fourth-order valence-corrected chi connectivity index (χ4v) is 4.17. The van der Waals surface area contributed by atoms with Crippen LogP contribution in [-0.4, -0.2) is 46.7 Å². The molecule has 2 aliphatic rings. The van der Waals surface area contributed by atoms with Crippen LogP contribution in [0.2, 0.25) is 0 Å². The van der Waals surface area contributed by atoms with Gasteiger partial charge < -0.3 is 26.3 Å². The highest BCUT2D eigenvalue weighted by Gasteiger charge is 2.33. The lowest BCUT2D eigenvalue weighted by atomic mass is 9.95. The molecule has 0 bridgehead atoms. The lowest BCUT2D eigenvalue weighted by molar-refractivity contribution is -0.121. The summed E-state index contributed by atoms with van der Waals surface area (Å²) in [6, 6.07) is 3.14. The van der Waals surface area contributed by atoms with E-state index in [9.17, 15) is 28.0 Å². The first-order chi connectivity index (χ1) is 19.3. The number of allylic oxidation sites excluding steroid dienone is 3. The van der Waals surface area contributed by atoms with Gasteiger partial charge in [0.2, 0.25) is 18.2 Å². The molecule has 12 heteroatoms. The predicted octanol–water partition coefficient (Wildman–Crippen LogP) is 1.83. The van der Waals surface area contributed by atoms with Crippen molar-refractivity contribution in [1.82, 2.24) is 31.2 Å². The number of hydrogen-bond donors (Lipinski definition) is 5. The monoisotopic (exact) mass is 548 g/mol. The largest absolute Gasteiger partial charge is 0.352 e. The number of aromatic amines is 1. The molecule has 2 aromatic rings. The molecule has 0 unspecified atom stereocenters. The van der Waals surface area contributed by atoms with Gasteiger partial charge in [0.1, 0.15) is 5.82 Å². The van der Waals surface area contributed by atoms with Crippen LogP contribution < -0.4 is 21.3 Å². The van der Waals surface area contributed by atoms with Gasteiger partial charge in [-0.05, 0) is 47.9 Å². The fraction of sp³-hybridized carbons (Fsp3) is 0.179. The summed E-state index contributed by atoms with van der Waals surface area (Å²) in [5.41, 5.74) is 2.32. The third-order valence-corrected chi connectivity index (χ3v) is 6.07. The second-order valence-electron chi connectivity index (χ2n) is 8.87. The molecule has 1 aliphatic carbocycles. The number of hydrogen-bond acceptors (Lipinski definition) is 5. The number of carbonyl (C=O) groups excluding carboxylic acids is 4. The molecule has 1 saturated heterocycles. The van der Waals surface area contributed by atoms with Crippen molar-refractivity contribution in [3.8, 4) is 0 Å². The summed E-state index contributed by atoms with van der Waals surface area (Å²) in [6.07, 6.45) is 13.5. The first kappa shape index (κ1) is 27.9. The molecule has 40 heavy (non-hydrogen) atoms. The van der Waals surface area contributed by atoms with E-state index in [4.69, 9.17) is 0 Å². The average molecular weight is 549 g/mol. The molecule has 1 aromatic carbocycles. The molecule has 2 heterocycles. The van der Waals surface area contributed by atoms with Crippen molar-refractivity contribution in [3.63, 3.8) is 0 Å². The van der Waals surface area contributed by atoms with Gasteiger partial charge in [-0.25, -0.2) is 13.8 Å². The Balaban J connectivity index is 1.34. The molecule has 4 rings (SSSR count). The van der Waals surface area contributed by atoms with Gasteiger partial charge in [-0.2, -0.15) is 0 Å². The summed E-state index contributed by atoms with van der Waals surface area (Å²) < 4.78 is 26.9. The van der Waals surface area contributed by atoms with Crippen LogP contribution in [0.5, 0.6) is 0 Å². The smallest absolute Gasteiger partial charge is 0.252 e. The number of fused-ring (bicyclic) bond motifs is 1. The maximum Gasteiger partial charge on any atom is 0.252 e. The molecule has 1 atom stereocenters. The minimum Gasteiger partial charge on any atom is -0.352 e. The maximum absolute atomic E-state index is 13.6. The normalized spacial score (nSPS) is 17.6. The Bertz CT molecular complexity index is 1460. The van der Waals surface area contributed by atoms with E-state index in [1.54, 1.807) is 24.5 Å². The topological polar surface area (TPSA) is 145 Å². The molecular formula is C28H26F2N6O4. The number of halogens is 2. The Morgan fingerprint density at radius 2 is 2.05 bits per heavy atom. The first-order valence-corrected chi connectivity index (χ1v) is 12.4. The number of H-pyrrole nitrogens is 1. The van der Waals surface area contributed by atoms with Gasteiger partial charge >= 0.3 is 0 Å². The van der Waals surface area contributed by atoms with E-state index in [0.717, 1.165) is 17.7 Å². The van der Waals surface area contributed by atoms with Crippen molar-refractivity contribution in [3.05, 3.63) is 107 Å². The molecule has 1 aromatic heterocycles. The van der Waals surface area contributed by atoms with E-state index in [0.29, 0.717) is 35.5 Å². The van der Waals surface area contributed by atoms with Gasteiger partial charge in [-0.1, -0.05) is 18.2 Å². The summed E-state index contributed by atoms with van der Waals surface area (Å²) in [5.74, 6) is -2.59. The average Bonchev–Trinajstić information content (AvgIpc) is 3.55. The van der Waals surface area contributed by atoms with Crippen molar-refractivity contribution in [2.45, 2.75) is 25.3 Å². The molecule has 0 spiro atoms. The SMILES string of the molecule is O=CN/C=C\C=C(/Cc1ccc(F)c(F)c1)C(=O)NCCC(=O)NC1=CC[C@@H]2NC(=O)/C(=C\c3ncc[nH]3)C2=C1. The van der Waals surface area contributed by atoms with Crippen LogP contribution in [0, 0.1) is 11.6 Å². The zero-order valence-electron chi connectivity index (χ0n) is 21.2. The van der Waals surface area contributed by atoms with E-state index in [1.165, 1.54) is 24.4 Å². The van der Waals surface area contributed by atoms with Gasteiger partial charge in [-0.3, -0.25) is 19.2 Å². The zero-order chi connectivity index (χ0) is 28.5. The number of nitrogens with one attached hydrogen (secondary N) is 5. The van der Waals surface area contributed by atoms with Crippen molar-refractivity contribution < 1.29 is 28.0 Å². The number of rotatable bonds is 11. The number of carbonyl (C=O) groups is 4. The molecule has 10 nitrogen and oxygen atoms in total. The Kier molecular flexibility index (Phi) is 9.13. The summed E-state index contributed by atoms with van der Waals surface area (Å²) in [7, 11) is 0. The quantitative estimate of drug-likeness (QED) is 0.165. The van der Waals surface area contributed by atoms with Gasteiger partial charge in [0.05, 0.1) is 6.04 Å². The standard InChI is InChI=1S/C28H26F2N6O4/c29-22-5-3-17(13-23(22)30)12-18(2-1-8-31-16-37)27(39)34-9-7-26(38)35-19-4-6-24-20(14-19)21(28(40)36-24)15-25-32-10-11-33-25/h1-5,8,10-11,13-16,24H,6-7,9,12H2,(H,31,37)(H,32,33)(H,34,39)(H,35,38)(H,36,40)/b8-1-,18-2+,21-15-/t24-/m0/s1. The number of aromatic nitrogens is 2. The van der Waals surface area contributed by atoms with E-state index in [1.807, 2.05) is 6.08 Å². The van der Waals surface area contributed by atoms with E-state index in [2.05, 4.69) is 31.2 Å². The fourth-order valence-electron chi connectivity index (χ4n) is 4.17. The van der Waals surface area contributed by atoms with E-state index in [-0.39, 0.29) is 42.8 Å². The third kappa shape index (κ3) is 7.25. The minimum atomic E-state index is -1.04. The molecule has 5 N–H and O–H groups in total. The third-order valence-electron chi connectivity index (χ3n) is 6.07. The summed E-state index contributed by atoms with van der Waals surface area (Å²) in [6.45, 7) is 0.00620. The Hall–Kier alpha value is -5.13. The predicted molar refractivity (Wildman–Crippen MR) is 142 cm³/mol. The van der Waals surface area contributed by atoms with Crippen LogP contribution in [0.1, 0.15) is 24.2 Å². The van der Waals surface area contributed by atoms with Crippen molar-refractivity contribution in [2.24, 2.45) is 0 Å². The van der Waals surface area contributed by atoms with Crippen LogP contribution in [0.4, 0.5) is 8.78 Å². The van der Waals surface area contributed by atoms with Crippen LogP contribution in [0.3, 0.4) is 0 Å². The lowest BCUT2D eigenvalue weighted by Gasteiger charge is -2.17. The minimum absolute atomic E-state index is 0.00620. The van der Waals surface area contributed by atoms with Gasteiger partial charge in [-0.15, -0.1) is 0 Å². The number of benzene rings is 1. The van der Waals surface area contributed by atoms with Crippen LogP contribution in [0.25, 0.3) is 6.08 Å². The van der Waals surface area contributed by atoms with Gasteiger partial charge in [0.25, 0.3) is 5.91 Å². The Morgan fingerprint density at radius 1 is 1.20 bits per heavy atom. The number of imidazole rings is 1. The molecule has 0 radical (unpaired) electrons. The first-order valence-electron chi connectivity index (χ1n) is 12.4. The van der Waals surface area contributed by atoms with Crippen LogP contribution >= 0.6 is 0 Å². The lowest BCUT2D eigenvalue weighted by Crippen LogP contribution is -2.32. The second-order valence-corrected chi connectivity index (χ2v) is 8.87. The molecule has 206 valence electrons. The highest BCUT2D eigenvalue weighted by Crippen LogP contribution is 2.30. The van der Waals surface area contributed by atoms with Crippen LogP contribution in [0.15, 0.2) is 83.5 Å². The molecule has 4 amide bonds. The number of amides is 4. The summed E-state index contributed by atoms with van der Waals surface area (Å²) in [4.78, 5) is 55.3. The van der Waals surface area contributed by atoms with Crippen molar-refractivity contribution >= 4 is 30.2 Å². The second kappa shape index (κ2) is 13.1. The van der Waals surface area contributed by atoms with Crippen molar-refractivity contribution in [1.29, 1.82) is 0 Å². The zero-order valence-corrected chi connectivity index (χ0v) is 21.2. The summed E-state index contributed by atoms with van der Waals surface area (Å²) in [5, 5.41) is 10.6. The van der Waals surface area contributed by atoms with Gasteiger partial charge in [0, 0.05) is 54.8 Å². The highest BCUT2D eigenvalue weighted by molar-refractivity contribution is 6.06.